The highest BCUT2D eigenvalue weighted by Gasteiger charge is 2.35. The van der Waals surface area contributed by atoms with Crippen LogP contribution in [0.25, 0.3) is 0 Å². The van der Waals surface area contributed by atoms with Gasteiger partial charge in [-0.25, -0.2) is 0 Å². The van der Waals surface area contributed by atoms with Gasteiger partial charge >= 0.3 is 0 Å². The van der Waals surface area contributed by atoms with E-state index >= 15 is 0 Å². The Morgan fingerprint density at radius 3 is 2.41 bits per heavy atom. The average molecular weight is 338 g/mol. The number of carbonyl (C=O) groups excluding carboxylic acids is 1. The maximum absolute atomic E-state index is 12.5. The SMILES string of the molecule is O=C1c2c(cc(O)c(Cl)c2Cl)CC1c1ccc([N+](=O)[O-])cc1. The second-order valence-electron chi connectivity index (χ2n) is 5.03. The molecule has 0 bridgehead atoms. The lowest BCUT2D eigenvalue weighted by Crippen LogP contribution is -2.07. The van der Waals surface area contributed by atoms with E-state index in [-0.39, 0.29) is 27.3 Å². The van der Waals surface area contributed by atoms with Crippen molar-refractivity contribution in [1.82, 2.24) is 0 Å². The molecule has 0 spiro atoms. The monoisotopic (exact) mass is 337 g/mol. The van der Waals surface area contributed by atoms with Crippen LogP contribution in [0.5, 0.6) is 5.75 Å². The van der Waals surface area contributed by atoms with Gasteiger partial charge in [-0.05, 0) is 23.6 Å². The van der Waals surface area contributed by atoms with Crippen molar-refractivity contribution in [2.24, 2.45) is 0 Å². The standard InChI is InChI=1S/C15H9Cl2NO4/c16-13-11(19)6-8-5-10(15(20)12(8)14(13)17)7-1-3-9(4-2-7)18(21)22/h1-4,6,10,19H,5H2. The molecule has 22 heavy (non-hydrogen) atoms. The second-order valence-corrected chi connectivity index (χ2v) is 5.78. The molecule has 1 unspecified atom stereocenters. The summed E-state index contributed by atoms with van der Waals surface area (Å²) in [5.41, 5.74) is 1.57. The number of hydrogen-bond donors (Lipinski definition) is 1. The number of ketones is 1. The zero-order valence-electron chi connectivity index (χ0n) is 11.0. The number of phenols is 1. The summed E-state index contributed by atoms with van der Waals surface area (Å²) in [6.07, 6.45) is 0.371. The Morgan fingerprint density at radius 1 is 1.18 bits per heavy atom. The van der Waals surface area contributed by atoms with Gasteiger partial charge in [0, 0.05) is 17.7 Å². The fraction of sp³-hybridized carbons (Fsp3) is 0.133. The summed E-state index contributed by atoms with van der Waals surface area (Å²) < 4.78 is 0. The molecule has 0 saturated heterocycles. The average Bonchev–Trinajstić information content (AvgIpc) is 2.82. The van der Waals surface area contributed by atoms with Crippen LogP contribution in [0.2, 0.25) is 10.0 Å². The van der Waals surface area contributed by atoms with Crippen molar-refractivity contribution in [1.29, 1.82) is 0 Å². The molecule has 1 atom stereocenters. The molecule has 1 aliphatic carbocycles. The number of phenolic OH excluding ortho intramolecular Hbond substituents is 1. The summed E-state index contributed by atoms with van der Waals surface area (Å²) in [4.78, 5) is 22.7. The van der Waals surface area contributed by atoms with E-state index in [1.807, 2.05) is 0 Å². The molecule has 0 fully saturated rings. The first kappa shape index (κ1) is 14.8. The Labute approximate surface area is 135 Å². The molecule has 7 heteroatoms. The molecule has 0 amide bonds. The molecule has 0 saturated carbocycles. The molecule has 3 rings (SSSR count). The lowest BCUT2D eigenvalue weighted by Gasteiger charge is -2.07. The van der Waals surface area contributed by atoms with Crippen molar-refractivity contribution in [3.8, 4) is 5.75 Å². The van der Waals surface area contributed by atoms with E-state index in [1.54, 1.807) is 12.1 Å². The van der Waals surface area contributed by atoms with Crippen molar-refractivity contribution in [3.05, 3.63) is 67.2 Å². The van der Waals surface area contributed by atoms with Crippen LogP contribution in [-0.4, -0.2) is 15.8 Å². The fourth-order valence-electron chi connectivity index (χ4n) is 2.68. The predicted molar refractivity (Wildman–Crippen MR) is 82.0 cm³/mol. The Kier molecular flexibility index (Phi) is 3.54. The first-order valence-corrected chi connectivity index (χ1v) is 7.14. The Bertz CT molecular complexity index is 802. The minimum atomic E-state index is -0.496. The molecule has 2 aromatic carbocycles. The highest BCUT2D eigenvalue weighted by molar-refractivity contribution is 6.45. The van der Waals surface area contributed by atoms with Gasteiger partial charge in [0.05, 0.1) is 15.9 Å². The smallest absolute Gasteiger partial charge is 0.269 e. The predicted octanol–water partition coefficient (Wildman–Crippen LogP) is 4.13. The van der Waals surface area contributed by atoms with Crippen LogP contribution in [0.15, 0.2) is 30.3 Å². The number of non-ortho nitro benzene ring substituents is 1. The van der Waals surface area contributed by atoms with Gasteiger partial charge in [0.15, 0.2) is 5.78 Å². The van der Waals surface area contributed by atoms with Crippen molar-refractivity contribution in [2.75, 3.05) is 0 Å². The van der Waals surface area contributed by atoms with Gasteiger partial charge in [0.2, 0.25) is 0 Å². The molecule has 1 N–H and O–H groups in total. The van der Waals surface area contributed by atoms with Crippen LogP contribution in [0, 0.1) is 10.1 Å². The number of nitrogens with zero attached hydrogens (tertiary/aromatic N) is 1. The topological polar surface area (TPSA) is 80.4 Å². The Morgan fingerprint density at radius 2 is 1.82 bits per heavy atom. The minimum absolute atomic E-state index is 0.0366. The number of rotatable bonds is 2. The third-order valence-electron chi connectivity index (χ3n) is 3.76. The van der Waals surface area contributed by atoms with Crippen LogP contribution >= 0.6 is 23.2 Å². The quantitative estimate of drug-likeness (QED) is 0.659. The second kappa shape index (κ2) is 5.26. The van der Waals surface area contributed by atoms with Crippen molar-refractivity contribution < 1.29 is 14.8 Å². The summed E-state index contributed by atoms with van der Waals surface area (Å²) in [6, 6.07) is 7.27. The molecule has 1 aliphatic rings. The number of nitro benzene ring substituents is 1. The van der Waals surface area contributed by atoms with E-state index in [1.165, 1.54) is 18.2 Å². The number of halogens is 2. The zero-order valence-corrected chi connectivity index (χ0v) is 12.6. The Hall–Kier alpha value is -2.11. The molecule has 5 nitrogen and oxygen atoms in total. The van der Waals surface area contributed by atoms with E-state index in [0.717, 1.165) is 0 Å². The molecule has 2 aromatic rings. The van der Waals surface area contributed by atoms with Crippen molar-refractivity contribution >= 4 is 34.7 Å². The van der Waals surface area contributed by atoms with Gasteiger partial charge in [-0.1, -0.05) is 35.3 Å². The van der Waals surface area contributed by atoms with Crippen LogP contribution < -0.4 is 0 Å². The maximum atomic E-state index is 12.5. The van der Waals surface area contributed by atoms with E-state index < -0.39 is 10.8 Å². The minimum Gasteiger partial charge on any atom is -0.506 e. The molecule has 0 radical (unpaired) electrons. The number of aromatic hydroxyl groups is 1. The number of nitro groups is 1. The fourth-order valence-corrected chi connectivity index (χ4v) is 3.14. The third-order valence-corrected chi connectivity index (χ3v) is 4.62. The summed E-state index contributed by atoms with van der Waals surface area (Å²) in [5.74, 6) is -0.843. The van der Waals surface area contributed by atoms with E-state index in [0.29, 0.717) is 23.1 Å². The summed E-state index contributed by atoms with van der Waals surface area (Å²) in [7, 11) is 0. The number of hydrogen-bond acceptors (Lipinski definition) is 4. The number of fused-ring (bicyclic) bond motifs is 1. The maximum Gasteiger partial charge on any atom is 0.269 e. The number of carbonyl (C=O) groups is 1. The van der Waals surface area contributed by atoms with Gasteiger partial charge in [-0.3, -0.25) is 14.9 Å². The van der Waals surface area contributed by atoms with Crippen molar-refractivity contribution in [3.63, 3.8) is 0 Å². The van der Waals surface area contributed by atoms with Gasteiger partial charge in [-0.15, -0.1) is 0 Å². The van der Waals surface area contributed by atoms with E-state index in [9.17, 15) is 20.0 Å². The van der Waals surface area contributed by atoms with Crippen LogP contribution in [0.1, 0.15) is 27.4 Å². The third kappa shape index (κ3) is 2.23. The summed E-state index contributed by atoms with van der Waals surface area (Å²) >= 11 is 11.9. The highest BCUT2D eigenvalue weighted by Crippen LogP contribution is 2.44. The van der Waals surface area contributed by atoms with Crippen LogP contribution in [0.4, 0.5) is 5.69 Å². The first-order valence-electron chi connectivity index (χ1n) is 6.38. The number of benzene rings is 2. The normalized spacial score (nSPS) is 16.6. The first-order chi connectivity index (χ1) is 10.4. The largest absolute Gasteiger partial charge is 0.506 e. The van der Waals surface area contributed by atoms with Gasteiger partial charge in [0.1, 0.15) is 10.8 Å². The number of Topliss-reactive ketones (excluding diaryl/α,β-unsaturated/α-hetero) is 1. The van der Waals surface area contributed by atoms with E-state index in [2.05, 4.69) is 0 Å². The zero-order chi connectivity index (χ0) is 16.0. The Balaban J connectivity index is 2.01. The summed E-state index contributed by atoms with van der Waals surface area (Å²) in [6.45, 7) is 0. The van der Waals surface area contributed by atoms with Crippen LogP contribution in [0.3, 0.4) is 0 Å². The van der Waals surface area contributed by atoms with Crippen LogP contribution in [-0.2, 0) is 6.42 Å². The lowest BCUT2D eigenvalue weighted by atomic mass is 9.95. The van der Waals surface area contributed by atoms with Gasteiger partial charge < -0.3 is 5.11 Å². The van der Waals surface area contributed by atoms with Gasteiger partial charge in [-0.2, -0.15) is 0 Å². The molecule has 0 heterocycles. The molecule has 0 aromatic heterocycles. The van der Waals surface area contributed by atoms with Gasteiger partial charge in [0.25, 0.3) is 5.69 Å². The van der Waals surface area contributed by atoms with E-state index in [4.69, 9.17) is 23.2 Å². The lowest BCUT2D eigenvalue weighted by molar-refractivity contribution is -0.384. The molecule has 112 valence electrons. The molecule has 0 aliphatic heterocycles. The molecular weight excluding hydrogens is 329 g/mol. The summed E-state index contributed by atoms with van der Waals surface area (Å²) in [5, 5.41) is 20.4. The van der Waals surface area contributed by atoms with Crippen molar-refractivity contribution in [2.45, 2.75) is 12.3 Å². The molecular formula is C15H9Cl2NO4. The highest BCUT2D eigenvalue weighted by atomic mass is 35.5.